The Kier molecular flexibility index (Phi) is 5.21. The van der Waals surface area contributed by atoms with Crippen molar-refractivity contribution in [3.63, 3.8) is 0 Å². The van der Waals surface area contributed by atoms with E-state index in [1.807, 2.05) is 18.3 Å². The van der Waals surface area contributed by atoms with Gasteiger partial charge in [-0.3, -0.25) is 9.78 Å². The Bertz CT molecular complexity index is 989. The van der Waals surface area contributed by atoms with Gasteiger partial charge in [0.15, 0.2) is 0 Å². The fourth-order valence-electron chi connectivity index (χ4n) is 3.70. The smallest absolute Gasteiger partial charge is 0.222 e. The molecule has 1 aliphatic rings. The van der Waals surface area contributed by atoms with Crippen LogP contribution in [0, 0.1) is 0 Å². The lowest BCUT2D eigenvalue weighted by Crippen LogP contribution is -2.29. The first-order valence-electron chi connectivity index (χ1n) is 9.66. The fourth-order valence-corrected chi connectivity index (χ4v) is 3.70. The van der Waals surface area contributed by atoms with Crippen molar-refractivity contribution < 1.29 is 4.79 Å². The molecule has 0 atom stereocenters. The number of amides is 1. The third kappa shape index (κ3) is 3.97. The van der Waals surface area contributed by atoms with Gasteiger partial charge >= 0.3 is 0 Å². The van der Waals surface area contributed by atoms with Crippen molar-refractivity contribution in [2.75, 3.05) is 43.4 Å². The molecule has 1 aromatic carbocycles. The van der Waals surface area contributed by atoms with Gasteiger partial charge in [0.05, 0.1) is 0 Å². The molecule has 28 heavy (non-hydrogen) atoms. The Balaban J connectivity index is 1.81. The highest BCUT2D eigenvalue weighted by molar-refractivity contribution is 5.99. The molecule has 1 amide bonds. The normalized spacial score (nSPS) is 15.4. The summed E-state index contributed by atoms with van der Waals surface area (Å²) < 4.78 is 0. The molecule has 0 saturated carbocycles. The number of benzene rings is 1. The molecule has 1 saturated heterocycles. The van der Waals surface area contributed by atoms with Crippen LogP contribution in [0.15, 0.2) is 48.8 Å². The summed E-state index contributed by atoms with van der Waals surface area (Å²) in [5.41, 5.74) is 2.17. The van der Waals surface area contributed by atoms with Crippen LogP contribution in [0.3, 0.4) is 0 Å². The summed E-state index contributed by atoms with van der Waals surface area (Å²) in [5, 5.41) is 5.03. The Morgan fingerprint density at radius 2 is 1.96 bits per heavy atom. The zero-order chi connectivity index (χ0) is 19.5. The number of carbonyl (C=O) groups excluding carboxylic acids is 1. The largest absolute Gasteiger partial charge is 0.355 e. The van der Waals surface area contributed by atoms with Crippen molar-refractivity contribution in [2.45, 2.75) is 13.3 Å². The summed E-state index contributed by atoms with van der Waals surface area (Å²) in [6.07, 6.45) is 4.73. The minimum Gasteiger partial charge on any atom is -0.355 e. The number of nitrogens with one attached hydrogen (secondary N) is 1. The predicted molar refractivity (Wildman–Crippen MR) is 114 cm³/mol. The van der Waals surface area contributed by atoms with Crippen molar-refractivity contribution in [1.82, 2.24) is 14.9 Å². The van der Waals surface area contributed by atoms with Crippen molar-refractivity contribution in [3.05, 3.63) is 48.8 Å². The Hall–Kier alpha value is -2.99. The van der Waals surface area contributed by atoms with Gasteiger partial charge in [0.25, 0.3) is 0 Å². The third-order valence-corrected chi connectivity index (χ3v) is 5.13. The van der Waals surface area contributed by atoms with E-state index in [4.69, 9.17) is 4.98 Å². The topological polar surface area (TPSA) is 61.4 Å². The Morgan fingerprint density at radius 1 is 1.07 bits per heavy atom. The van der Waals surface area contributed by atoms with Gasteiger partial charge in [-0.05, 0) is 49.2 Å². The maximum Gasteiger partial charge on any atom is 0.222 e. The molecule has 1 aliphatic heterocycles. The number of rotatable bonds is 3. The van der Waals surface area contributed by atoms with Crippen LogP contribution < -0.4 is 10.2 Å². The number of likely N-dealkylation sites (N-methyl/N-ethyl adjacent to an activating group) is 1. The van der Waals surface area contributed by atoms with Crippen LogP contribution in [0.5, 0.6) is 0 Å². The summed E-state index contributed by atoms with van der Waals surface area (Å²) in [6.45, 7) is 5.48. The lowest BCUT2D eigenvalue weighted by molar-refractivity contribution is -0.114. The number of hydrogen-bond donors (Lipinski definition) is 1. The van der Waals surface area contributed by atoms with Crippen molar-refractivity contribution in [3.8, 4) is 11.1 Å². The molecule has 0 aliphatic carbocycles. The first kappa shape index (κ1) is 18.4. The van der Waals surface area contributed by atoms with Crippen LogP contribution in [0.4, 0.5) is 11.6 Å². The molecule has 6 heteroatoms. The van der Waals surface area contributed by atoms with Crippen molar-refractivity contribution in [1.29, 1.82) is 0 Å². The van der Waals surface area contributed by atoms with Gasteiger partial charge in [-0.2, -0.15) is 0 Å². The van der Waals surface area contributed by atoms with Crippen molar-refractivity contribution >= 4 is 28.3 Å². The van der Waals surface area contributed by atoms with Gasteiger partial charge in [0.2, 0.25) is 5.91 Å². The Morgan fingerprint density at radius 3 is 2.75 bits per heavy atom. The molecule has 1 N–H and O–H groups in total. The van der Waals surface area contributed by atoms with Gasteiger partial charge in [-0.15, -0.1) is 0 Å². The van der Waals surface area contributed by atoms with Gasteiger partial charge in [-0.1, -0.05) is 18.2 Å². The molecule has 1 fully saturated rings. The van der Waals surface area contributed by atoms with Crippen LogP contribution in [-0.2, 0) is 4.79 Å². The first-order valence-corrected chi connectivity index (χ1v) is 9.66. The van der Waals surface area contributed by atoms with Crippen molar-refractivity contribution in [2.24, 2.45) is 0 Å². The molecule has 0 unspecified atom stereocenters. The van der Waals surface area contributed by atoms with Crippen LogP contribution in [0.1, 0.15) is 13.3 Å². The van der Waals surface area contributed by atoms with E-state index in [9.17, 15) is 4.79 Å². The average Bonchev–Trinajstić information content (AvgIpc) is 2.91. The highest BCUT2D eigenvalue weighted by Crippen LogP contribution is 2.32. The molecule has 3 heterocycles. The lowest BCUT2D eigenvalue weighted by Gasteiger charge is -2.24. The number of hydrogen-bond acceptors (Lipinski definition) is 5. The van der Waals surface area contributed by atoms with Gasteiger partial charge in [-0.25, -0.2) is 4.98 Å². The summed E-state index contributed by atoms with van der Waals surface area (Å²) in [6, 6.07) is 12.3. The van der Waals surface area contributed by atoms with E-state index in [0.717, 1.165) is 60.3 Å². The molecule has 4 rings (SSSR count). The van der Waals surface area contributed by atoms with Crippen LogP contribution in [0.2, 0.25) is 0 Å². The highest BCUT2D eigenvalue weighted by atomic mass is 16.1. The molecule has 144 valence electrons. The molecule has 6 nitrogen and oxygen atoms in total. The second-order valence-electron chi connectivity index (χ2n) is 7.33. The molecule has 0 bridgehead atoms. The third-order valence-electron chi connectivity index (χ3n) is 5.13. The molecular weight excluding hydrogens is 350 g/mol. The van der Waals surface area contributed by atoms with E-state index in [-0.39, 0.29) is 5.91 Å². The number of nitrogens with zero attached hydrogens (tertiary/aromatic N) is 4. The van der Waals surface area contributed by atoms with E-state index in [1.165, 1.54) is 6.92 Å². The van der Waals surface area contributed by atoms with E-state index >= 15 is 0 Å². The van der Waals surface area contributed by atoms with Crippen LogP contribution in [-0.4, -0.2) is 54.0 Å². The highest BCUT2D eigenvalue weighted by Gasteiger charge is 2.18. The average molecular weight is 375 g/mol. The minimum absolute atomic E-state index is 0.114. The summed E-state index contributed by atoms with van der Waals surface area (Å²) in [4.78, 5) is 25.3. The van der Waals surface area contributed by atoms with Crippen LogP contribution in [0.25, 0.3) is 21.9 Å². The summed E-state index contributed by atoms with van der Waals surface area (Å²) in [7, 11) is 2.16. The van der Waals surface area contributed by atoms with Crippen LogP contribution >= 0.6 is 0 Å². The van der Waals surface area contributed by atoms with Gasteiger partial charge in [0, 0.05) is 49.9 Å². The first-order chi connectivity index (χ1) is 13.6. The second-order valence-corrected chi connectivity index (χ2v) is 7.33. The standard InChI is InChI=1S/C22H25N5O/c1-16(28)24-21-14-19-13-17(18-5-3-8-23-15-18)6-7-20(19)22(25-21)27-10-4-9-26(2)11-12-27/h3,5-8,13-15H,4,9-12H2,1-2H3,(H,24,25,28). The van der Waals surface area contributed by atoms with Gasteiger partial charge < -0.3 is 15.1 Å². The maximum atomic E-state index is 11.6. The van der Waals surface area contributed by atoms with E-state index in [0.29, 0.717) is 5.82 Å². The number of aromatic nitrogens is 2. The summed E-state index contributed by atoms with van der Waals surface area (Å²) in [5.74, 6) is 1.42. The number of anilines is 2. The number of carbonyl (C=O) groups is 1. The van der Waals surface area contributed by atoms with E-state index in [1.54, 1.807) is 6.20 Å². The molecule has 0 radical (unpaired) electrons. The molecule has 2 aromatic heterocycles. The zero-order valence-corrected chi connectivity index (χ0v) is 16.4. The monoisotopic (exact) mass is 375 g/mol. The number of pyridine rings is 2. The molecular formula is C22H25N5O. The summed E-state index contributed by atoms with van der Waals surface area (Å²) >= 11 is 0. The van der Waals surface area contributed by atoms with Gasteiger partial charge in [0.1, 0.15) is 11.6 Å². The fraction of sp³-hybridized carbons (Fsp3) is 0.318. The SMILES string of the molecule is CC(=O)Nc1cc2cc(-c3cccnc3)ccc2c(N2CCCN(C)CC2)n1. The van der Waals surface area contributed by atoms with E-state index < -0.39 is 0 Å². The predicted octanol–water partition coefficient (Wildman–Crippen LogP) is 3.40. The lowest BCUT2D eigenvalue weighted by atomic mass is 10.0. The second kappa shape index (κ2) is 7.94. The van der Waals surface area contributed by atoms with E-state index in [2.05, 4.69) is 51.4 Å². The minimum atomic E-state index is -0.114. The Labute approximate surface area is 165 Å². The molecule has 3 aromatic rings. The number of fused-ring (bicyclic) bond motifs is 1. The maximum absolute atomic E-state index is 11.6. The molecule has 0 spiro atoms. The quantitative estimate of drug-likeness (QED) is 0.760. The zero-order valence-electron chi connectivity index (χ0n) is 16.4.